The molecule has 1 aromatic rings. The lowest BCUT2D eigenvalue weighted by molar-refractivity contribution is 0.0697. The summed E-state index contributed by atoms with van der Waals surface area (Å²) in [5.74, 6) is -0.542. The third kappa shape index (κ3) is 5.82. The van der Waals surface area contributed by atoms with Crippen molar-refractivity contribution in [2.75, 3.05) is 19.8 Å². The van der Waals surface area contributed by atoms with Crippen molar-refractivity contribution in [3.05, 3.63) is 35.4 Å². The van der Waals surface area contributed by atoms with Crippen LogP contribution in [0.3, 0.4) is 0 Å². The molecule has 6 nitrogen and oxygen atoms in total. The molecule has 0 atom stereocenters. The number of hydrogen-bond donors (Lipinski definition) is 2. The molecule has 0 bridgehead atoms. The normalized spacial score (nSPS) is 15.0. The Morgan fingerprint density at radius 3 is 2.52 bits per heavy atom. The average Bonchev–Trinajstić information content (AvgIpc) is 3.22. The highest BCUT2D eigenvalue weighted by Gasteiger charge is 2.21. The van der Waals surface area contributed by atoms with Crippen LogP contribution in [-0.4, -0.2) is 39.3 Å². The standard InChI is InChI=1S/C14H19NO5S/c16-14(17)13-5-3-12(4-6-13)10-21(18,19)15-7-8-20-9-11-1-2-11/h3-6,11,15H,1-2,7-10H2,(H,16,17). The van der Waals surface area contributed by atoms with Crippen LogP contribution in [-0.2, 0) is 20.5 Å². The molecule has 0 amide bonds. The van der Waals surface area contributed by atoms with Crippen molar-refractivity contribution in [3.63, 3.8) is 0 Å². The Morgan fingerprint density at radius 1 is 1.29 bits per heavy atom. The minimum Gasteiger partial charge on any atom is -0.478 e. The molecule has 0 aromatic heterocycles. The van der Waals surface area contributed by atoms with Crippen molar-refractivity contribution in [1.82, 2.24) is 4.72 Å². The minimum absolute atomic E-state index is 0.137. The monoisotopic (exact) mass is 313 g/mol. The van der Waals surface area contributed by atoms with Crippen molar-refractivity contribution >= 4 is 16.0 Å². The van der Waals surface area contributed by atoms with Crippen LogP contribution in [0.2, 0.25) is 0 Å². The highest BCUT2D eigenvalue weighted by molar-refractivity contribution is 7.88. The van der Waals surface area contributed by atoms with Gasteiger partial charge in [-0.2, -0.15) is 0 Å². The number of ether oxygens (including phenoxy) is 1. The minimum atomic E-state index is -3.43. The summed E-state index contributed by atoms with van der Waals surface area (Å²) < 4.78 is 31.5. The third-order valence-electron chi connectivity index (χ3n) is 3.18. The number of carbonyl (C=O) groups is 1. The molecule has 2 N–H and O–H groups in total. The van der Waals surface area contributed by atoms with Crippen LogP contribution in [0.5, 0.6) is 0 Å². The molecular weight excluding hydrogens is 294 g/mol. The zero-order valence-corrected chi connectivity index (χ0v) is 12.4. The van der Waals surface area contributed by atoms with Crippen molar-refractivity contribution in [3.8, 4) is 0 Å². The Bertz CT molecular complexity index is 578. The molecule has 0 unspecified atom stereocenters. The van der Waals surface area contributed by atoms with Gasteiger partial charge in [0.15, 0.2) is 0 Å². The fraction of sp³-hybridized carbons (Fsp3) is 0.500. The first kappa shape index (κ1) is 15.9. The van der Waals surface area contributed by atoms with Gasteiger partial charge < -0.3 is 9.84 Å². The van der Waals surface area contributed by atoms with Crippen LogP contribution in [0.15, 0.2) is 24.3 Å². The van der Waals surface area contributed by atoms with E-state index >= 15 is 0 Å². The number of carboxylic acid groups (broad SMARTS) is 1. The van der Waals surface area contributed by atoms with Crippen LogP contribution < -0.4 is 4.72 Å². The molecule has 1 saturated carbocycles. The molecule has 0 aliphatic heterocycles. The maximum absolute atomic E-state index is 11.8. The zero-order valence-electron chi connectivity index (χ0n) is 11.6. The largest absolute Gasteiger partial charge is 0.478 e. The van der Waals surface area contributed by atoms with Crippen LogP contribution in [0.4, 0.5) is 0 Å². The molecule has 0 saturated heterocycles. The highest BCUT2D eigenvalue weighted by atomic mass is 32.2. The van der Waals surface area contributed by atoms with E-state index in [0.29, 0.717) is 24.7 Å². The SMILES string of the molecule is O=C(O)c1ccc(CS(=O)(=O)NCCOCC2CC2)cc1. The Morgan fingerprint density at radius 2 is 1.95 bits per heavy atom. The van der Waals surface area contributed by atoms with Gasteiger partial charge in [-0.3, -0.25) is 0 Å². The number of rotatable bonds is 9. The van der Waals surface area contributed by atoms with E-state index in [4.69, 9.17) is 9.84 Å². The van der Waals surface area contributed by atoms with E-state index in [1.165, 1.54) is 37.1 Å². The second kappa shape index (κ2) is 7.02. The molecule has 1 aliphatic carbocycles. The lowest BCUT2D eigenvalue weighted by Gasteiger charge is -2.07. The van der Waals surface area contributed by atoms with Crippen LogP contribution in [0.1, 0.15) is 28.8 Å². The summed E-state index contributed by atoms with van der Waals surface area (Å²) in [4.78, 5) is 10.7. The lowest BCUT2D eigenvalue weighted by Crippen LogP contribution is -2.28. The summed E-state index contributed by atoms with van der Waals surface area (Å²) in [7, 11) is -3.43. The summed E-state index contributed by atoms with van der Waals surface area (Å²) in [6, 6.07) is 5.80. The molecular formula is C14H19NO5S. The number of sulfonamides is 1. The van der Waals surface area contributed by atoms with Gasteiger partial charge in [0.2, 0.25) is 10.0 Å². The van der Waals surface area contributed by atoms with E-state index in [9.17, 15) is 13.2 Å². The molecule has 0 spiro atoms. The third-order valence-corrected chi connectivity index (χ3v) is 4.53. The first-order valence-electron chi connectivity index (χ1n) is 6.83. The van der Waals surface area contributed by atoms with Crippen molar-refractivity contribution < 1.29 is 23.1 Å². The number of hydrogen-bond acceptors (Lipinski definition) is 4. The maximum atomic E-state index is 11.8. The molecule has 2 rings (SSSR count). The fourth-order valence-corrected chi connectivity index (χ4v) is 2.95. The molecule has 21 heavy (non-hydrogen) atoms. The van der Waals surface area contributed by atoms with E-state index in [0.717, 1.165) is 0 Å². The second-order valence-corrected chi connectivity index (χ2v) is 6.98. The van der Waals surface area contributed by atoms with Gasteiger partial charge in [0.05, 0.1) is 17.9 Å². The van der Waals surface area contributed by atoms with E-state index in [2.05, 4.69) is 4.72 Å². The number of nitrogens with one attached hydrogen (secondary N) is 1. The molecule has 0 heterocycles. The first-order valence-corrected chi connectivity index (χ1v) is 8.49. The Kier molecular flexibility index (Phi) is 5.33. The summed E-state index contributed by atoms with van der Waals surface area (Å²) in [6.07, 6.45) is 2.41. The van der Waals surface area contributed by atoms with Gasteiger partial charge in [-0.1, -0.05) is 12.1 Å². The predicted molar refractivity (Wildman–Crippen MR) is 77.6 cm³/mol. The van der Waals surface area contributed by atoms with Crippen molar-refractivity contribution in [1.29, 1.82) is 0 Å². The average molecular weight is 313 g/mol. The summed E-state index contributed by atoms with van der Waals surface area (Å²) in [5.41, 5.74) is 0.684. The molecule has 1 fully saturated rings. The number of aromatic carboxylic acids is 1. The van der Waals surface area contributed by atoms with Gasteiger partial charge >= 0.3 is 5.97 Å². The molecule has 1 aliphatic rings. The Labute approximate surface area is 124 Å². The molecule has 7 heteroatoms. The lowest BCUT2D eigenvalue weighted by atomic mass is 10.1. The zero-order chi connectivity index (χ0) is 15.3. The van der Waals surface area contributed by atoms with Crippen LogP contribution >= 0.6 is 0 Å². The predicted octanol–water partition coefficient (Wildman–Crippen LogP) is 1.23. The Balaban J connectivity index is 1.75. The van der Waals surface area contributed by atoms with Gasteiger partial charge in [0, 0.05) is 13.2 Å². The smallest absolute Gasteiger partial charge is 0.335 e. The Hall–Kier alpha value is -1.44. The topological polar surface area (TPSA) is 92.7 Å². The summed E-state index contributed by atoms with van der Waals surface area (Å²) in [5, 5.41) is 8.77. The van der Waals surface area contributed by atoms with E-state index in [1.807, 2.05) is 0 Å². The molecule has 0 radical (unpaired) electrons. The van der Waals surface area contributed by atoms with Gasteiger partial charge in [-0.25, -0.2) is 17.9 Å². The quantitative estimate of drug-likeness (QED) is 0.669. The van der Waals surface area contributed by atoms with Crippen LogP contribution in [0.25, 0.3) is 0 Å². The van der Waals surface area contributed by atoms with Gasteiger partial charge in [-0.15, -0.1) is 0 Å². The number of carboxylic acids is 1. The van der Waals surface area contributed by atoms with Crippen molar-refractivity contribution in [2.24, 2.45) is 5.92 Å². The second-order valence-electron chi connectivity index (χ2n) is 5.17. The number of benzene rings is 1. The van der Waals surface area contributed by atoms with Gasteiger partial charge in [0.25, 0.3) is 0 Å². The highest BCUT2D eigenvalue weighted by Crippen LogP contribution is 2.28. The maximum Gasteiger partial charge on any atom is 0.335 e. The van der Waals surface area contributed by atoms with E-state index < -0.39 is 16.0 Å². The van der Waals surface area contributed by atoms with Crippen molar-refractivity contribution in [2.45, 2.75) is 18.6 Å². The first-order chi connectivity index (χ1) is 9.96. The molecule has 1 aromatic carbocycles. The van der Waals surface area contributed by atoms with E-state index in [1.54, 1.807) is 0 Å². The van der Waals surface area contributed by atoms with Gasteiger partial charge in [-0.05, 0) is 36.5 Å². The summed E-state index contributed by atoms with van der Waals surface area (Å²) >= 11 is 0. The van der Waals surface area contributed by atoms with Crippen LogP contribution in [0, 0.1) is 5.92 Å². The molecule has 116 valence electrons. The van der Waals surface area contributed by atoms with Gasteiger partial charge in [0.1, 0.15) is 0 Å². The summed E-state index contributed by atoms with van der Waals surface area (Å²) in [6.45, 7) is 1.33. The van der Waals surface area contributed by atoms with E-state index in [-0.39, 0.29) is 17.9 Å². The fourth-order valence-electron chi connectivity index (χ4n) is 1.82.